The van der Waals surface area contributed by atoms with Crippen LogP contribution in [0.5, 0.6) is 0 Å². The fourth-order valence-corrected chi connectivity index (χ4v) is 4.68. The number of nitrogens with zero attached hydrogens (tertiary/aromatic N) is 1. The van der Waals surface area contributed by atoms with Gasteiger partial charge in [-0.2, -0.15) is 13.2 Å². The molecule has 1 aromatic rings. The quantitative estimate of drug-likeness (QED) is 0.433. The van der Waals surface area contributed by atoms with Crippen molar-refractivity contribution in [3.05, 3.63) is 35.4 Å². The van der Waals surface area contributed by atoms with Crippen molar-refractivity contribution in [2.24, 2.45) is 17.8 Å². The van der Waals surface area contributed by atoms with Crippen molar-refractivity contribution >= 4 is 5.97 Å². The van der Waals surface area contributed by atoms with Crippen LogP contribution in [0.1, 0.15) is 83.3 Å². The third kappa shape index (κ3) is 8.13. The van der Waals surface area contributed by atoms with Gasteiger partial charge in [0, 0.05) is 12.5 Å². The Kier molecular flexibility index (Phi) is 9.41. The number of carboxylic acid groups (broad SMARTS) is 1. The minimum absolute atomic E-state index is 0.0553. The van der Waals surface area contributed by atoms with E-state index in [1.54, 1.807) is 12.1 Å². The standard InChI is InChI=1S/C25H38F3NO2/c1-17(2)11-13-29(14-12-18(3)4)23-10-5-19(16-24(30)31)15-22(23)20-6-8-21(9-7-20)25(26,27)28/h6-9,17-19,22-23H,5,10-16H2,1-4H3,(H,30,31). The van der Waals surface area contributed by atoms with Crippen LogP contribution in [0.4, 0.5) is 13.2 Å². The van der Waals surface area contributed by atoms with Crippen molar-refractivity contribution in [3.63, 3.8) is 0 Å². The minimum atomic E-state index is -4.35. The maximum atomic E-state index is 13.1. The summed E-state index contributed by atoms with van der Waals surface area (Å²) in [5.74, 6) is 0.479. The number of carbonyl (C=O) groups is 1. The molecule has 31 heavy (non-hydrogen) atoms. The lowest BCUT2D eigenvalue weighted by Crippen LogP contribution is -2.44. The summed E-state index contributed by atoms with van der Waals surface area (Å²) in [6.45, 7) is 10.8. The van der Waals surface area contributed by atoms with Crippen LogP contribution in [0.25, 0.3) is 0 Å². The molecule has 3 nitrogen and oxygen atoms in total. The van der Waals surface area contributed by atoms with Crippen LogP contribution in [-0.2, 0) is 11.0 Å². The Bertz CT molecular complexity index is 673. The summed E-state index contributed by atoms with van der Waals surface area (Å²) in [5.41, 5.74) is 0.259. The van der Waals surface area contributed by atoms with E-state index in [1.165, 1.54) is 12.1 Å². The highest BCUT2D eigenvalue weighted by Crippen LogP contribution is 2.41. The molecule has 0 bridgehead atoms. The molecule has 1 aromatic carbocycles. The van der Waals surface area contributed by atoms with Gasteiger partial charge in [-0.3, -0.25) is 9.69 Å². The Hall–Kier alpha value is -1.56. The fraction of sp³-hybridized carbons (Fsp3) is 0.720. The molecule has 0 aliphatic heterocycles. The molecule has 0 radical (unpaired) electrons. The number of alkyl halides is 3. The summed E-state index contributed by atoms with van der Waals surface area (Å²) in [4.78, 5) is 13.8. The summed E-state index contributed by atoms with van der Waals surface area (Å²) in [6.07, 6.45) is 0.383. The van der Waals surface area contributed by atoms with Gasteiger partial charge in [0.25, 0.3) is 0 Å². The third-order valence-corrected chi connectivity index (χ3v) is 6.51. The number of rotatable bonds is 10. The maximum absolute atomic E-state index is 13.1. The molecule has 1 saturated carbocycles. The van der Waals surface area contributed by atoms with Crippen LogP contribution in [0.3, 0.4) is 0 Å². The van der Waals surface area contributed by atoms with E-state index in [1.807, 2.05) is 0 Å². The predicted molar refractivity (Wildman–Crippen MR) is 118 cm³/mol. The van der Waals surface area contributed by atoms with Gasteiger partial charge in [0.05, 0.1) is 5.56 Å². The Morgan fingerprint density at radius 1 is 1.03 bits per heavy atom. The van der Waals surface area contributed by atoms with E-state index >= 15 is 0 Å². The fourth-order valence-electron chi connectivity index (χ4n) is 4.68. The first-order chi connectivity index (χ1) is 14.5. The largest absolute Gasteiger partial charge is 0.481 e. The molecule has 0 saturated heterocycles. The first-order valence-electron chi connectivity index (χ1n) is 11.6. The van der Waals surface area contributed by atoms with Crippen LogP contribution in [-0.4, -0.2) is 35.1 Å². The van der Waals surface area contributed by atoms with Gasteiger partial charge in [-0.15, -0.1) is 0 Å². The molecular weight excluding hydrogens is 403 g/mol. The molecule has 3 atom stereocenters. The molecule has 0 spiro atoms. The number of carboxylic acids is 1. The van der Waals surface area contributed by atoms with Crippen LogP contribution in [0.2, 0.25) is 0 Å². The second-order valence-electron chi connectivity index (χ2n) is 9.97. The molecule has 6 heteroatoms. The molecule has 0 heterocycles. The van der Waals surface area contributed by atoms with Crippen LogP contribution in [0, 0.1) is 17.8 Å². The average molecular weight is 442 g/mol. The summed E-state index contributed by atoms with van der Waals surface area (Å²) in [5, 5.41) is 9.28. The molecule has 1 fully saturated rings. The monoisotopic (exact) mass is 441 g/mol. The van der Waals surface area contributed by atoms with E-state index in [4.69, 9.17) is 0 Å². The zero-order valence-electron chi connectivity index (χ0n) is 19.3. The van der Waals surface area contributed by atoms with Crippen LogP contribution in [0.15, 0.2) is 24.3 Å². The molecule has 176 valence electrons. The van der Waals surface area contributed by atoms with Crippen LogP contribution < -0.4 is 0 Å². The van der Waals surface area contributed by atoms with E-state index in [-0.39, 0.29) is 24.3 Å². The van der Waals surface area contributed by atoms with E-state index in [0.717, 1.165) is 44.3 Å². The Labute approximate surface area is 185 Å². The molecule has 0 aromatic heterocycles. The van der Waals surface area contributed by atoms with Crippen molar-refractivity contribution < 1.29 is 23.1 Å². The van der Waals surface area contributed by atoms with Crippen molar-refractivity contribution in [2.45, 2.75) is 84.4 Å². The lowest BCUT2D eigenvalue weighted by molar-refractivity contribution is -0.139. The molecular formula is C25H38F3NO2. The summed E-state index contributed by atoms with van der Waals surface area (Å²) in [6, 6.07) is 5.78. The maximum Gasteiger partial charge on any atom is 0.416 e. The normalized spacial score (nSPS) is 22.5. The third-order valence-electron chi connectivity index (χ3n) is 6.51. The zero-order chi connectivity index (χ0) is 23.2. The summed E-state index contributed by atoms with van der Waals surface area (Å²) < 4.78 is 39.2. The number of benzene rings is 1. The van der Waals surface area contributed by atoms with Crippen molar-refractivity contribution in [2.75, 3.05) is 13.1 Å². The van der Waals surface area contributed by atoms with Crippen molar-refractivity contribution in [1.82, 2.24) is 4.90 Å². The van der Waals surface area contributed by atoms with Crippen molar-refractivity contribution in [1.29, 1.82) is 0 Å². The Balaban J connectivity index is 2.30. The van der Waals surface area contributed by atoms with E-state index in [9.17, 15) is 23.1 Å². The Morgan fingerprint density at radius 3 is 2.03 bits per heavy atom. The first kappa shape index (κ1) is 25.7. The smallest absolute Gasteiger partial charge is 0.416 e. The number of halogens is 3. The number of hydrogen-bond acceptors (Lipinski definition) is 2. The second kappa shape index (κ2) is 11.3. The molecule has 1 N–H and O–H groups in total. The van der Waals surface area contributed by atoms with Gasteiger partial charge in [0.15, 0.2) is 0 Å². The second-order valence-corrected chi connectivity index (χ2v) is 9.97. The van der Waals surface area contributed by atoms with Gasteiger partial charge < -0.3 is 5.11 Å². The Morgan fingerprint density at radius 2 is 1.58 bits per heavy atom. The van der Waals surface area contributed by atoms with Gasteiger partial charge in [-0.25, -0.2) is 0 Å². The van der Waals surface area contributed by atoms with Gasteiger partial charge in [-0.1, -0.05) is 39.8 Å². The van der Waals surface area contributed by atoms with Gasteiger partial charge in [0.2, 0.25) is 0 Å². The highest BCUT2D eigenvalue weighted by molar-refractivity contribution is 5.67. The van der Waals surface area contributed by atoms with Crippen LogP contribution >= 0.6 is 0 Å². The minimum Gasteiger partial charge on any atom is -0.481 e. The summed E-state index contributed by atoms with van der Waals surface area (Å²) in [7, 11) is 0. The molecule has 1 aliphatic rings. The number of aliphatic carboxylic acids is 1. The predicted octanol–water partition coefficient (Wildman–Crippen LogP) is 6.83. The van der Waals surface area contributed by atoms with E-state index in [2.05, 4.69) is 32.6 Å². The SMILES string of the molecule is CC(C)CCN(CCC(C)C)C1CCC(CC(=O)O)CC1c1ccc(C(F)(F)F)cc1. The highest BCUT2D eigenvalue weighted by atomic mass is 19.4. The summed E-state index contributed by atoms with van der Waals surface area (Å²) >= 11 is 0. The van der Waals surface area contributed by atoms with Crippen molar-refractivity contribution in [3.8, 4) is 0 Å². The molecule has 3 unspecified atom stereocenters. The van der Waals surface area contributed by atoms with Gasteiger partial charge in [0.1, 0.15) is 0 Å². The van der Waals surface area contributed by atoms with Gasteiger partial charge in [-0.05, 0) is 86.6 Å². The first-order valence-corrected chi connectivity index (χ1v) is 11.6. The topological polar surface area (TPSA) is 40.5 Å². The lowest BCUT2D eigenvalue weighted by Gasteiger charge is -2.43. The number of hydrogen-bond donors (Lipinski definition) is 1. The molecule has 0 amide bonds. The lowest BCUT2D eigenvalue weighted by atomic mass is 9.72. The highest BCUT2D eigenvalue weighted by Gasteiger charge is 2.36. The van der Waals surface area contributed by atoms with E-state index in [0.29, 0.717) is 18.3 Å². The van der Waals surface area contributed by atoms with E-state index < -0.39 is 17.7 Å². The molecule has 2 rings (SSSR count). The molecule has 1 aliphatic carbocycles. The van der Waals surface area contributed by atoms with Gasteiger partial charge >= 0.3 is 12.1 Å². The average Bonchev–Trinajstić information content (AvgIpc) is 2.67. The zero-order valence-corrected chi connectivity index (χ0v) is 19.3.